The van der Waals surface area contributed by atoms with Gasteiger partial charge in [-0.1, -0.05) is 0 Å². The Labute approximate surface area is 170 Å². The molecule has 2 unspecified atom stereocenters. The molecule has 0 aromatic heterocycles. The largest absolute Gasteiger partial charge is 0.397 e. The summed E-state index contributed by atoms with van der Waals surface area (Å²) in [4.78, 5) is 11.3. The molecule has 2 fully saturated rings. The first kappa shape index (κ1) is 25.2. The van der Waals surface area contributed by atoms with Gasteiger partial charge in [0.05, 0.1) is 13.2 Å². The highest BCUT2D eigenvalue weighted by Crippen LogP contribution is 2.29. The van der Waals surface area contributed by atoms with Gasteiger partial charge in [-0.05, 0) is 0 Å². The summed E-state index contributed by atoms with van der Waals surface area (Å²) in [6.07, 6.45) is -15.3. The summed E-state index contributed by atoms with van der Waals surface area (Å²) < 4.78 is 50.3. The lowest BCUT2D eigenvalue weighted by molar-refractivity contribution is -0.344. The zero-order chi connectivity index (χ0) is 22.8. The lowest BCUT2D eigenvalue weighted by Crippen LogP contribution is -2.67. The molecule has 176 valence electrons. The molecular formula is C14H25NO14S. The Morgan fingerprint density at radius 3 is 2.17 bits per heavy atom. The molecule has 0 aromatic rings. The van der Waals surface area contributed by atoms with Crippen LogP contribution in [0.3, 0.4) is 0 Å². The van der Waals surface area contributed by atoms with E-state index in [1.165, 1.54) is 0 Å². The fourth-order valence-electron chi connectivity index (χ4n) is 3.12. The highest BCUT2D eigenvalue weighted by Gasteiger charge is 2.51. The highest BCUT2D eigenvalue weighted by molar-refractivity contribution is 7.80. The van der Waals surface area contributed by atoms with Gasteiger partial charge in [-0.15, -0.1) is 0 Å². The lowest BCUT2D eigenvalue weighted by Gasteiger charge is -2.46. The average Bonchev–Trinajstić information content (AvgIpc) is 2.65. The highest BCUT2D eigenvalue weighted by atomic mass is 32.3. The quantitative estimate of drug-likeness (QED) is 0.164. The smallest absolute Gasteiger partial charge is 0.394 e. The molecule has 0 bridgehead atoms. The Hall–Kier alpha value is -1.02. The number of hydrogen-bond acceptors (Lipinski definition) is 13. The van der Waals surface area contributed by atoms with Crippen LogP contribution >= 0.6 is 0 Å². The van der Waals surface area contributed by atoms with Crippen molar-refractivity contribution < 1.29 is 66.8 Å². The molecule has 2 saturated heterocycles. The first-order valence-corrected chi connectivity index (χ1v) is 10.1. The van der Waals surface area contributed by atoms with Gasteiger partial charge in [0, 0.05) is 6.92 Å². The van der Waals surface area contributed by atoms with E-state index in [0.717, 1.165) is 6.92 Å². The van der Waals surface area contributed by atoms with E-state index in [0.29, 0.717) is 0 Å². The van der Waals surface area contributed by atoms with E-state index in [-0.39, 0.29) is 0 Å². The Morgan fingerprint density at radius 1 is 1.00 bits per heavy atom. The second-order valence-corrected chi connectivity index (χ2v) is 7.88. The van der Waals surface area contributed by atoms with E-state index in [4.69, 9.17) is 18.8 Å². The monoisotopic (exact) mass is 463 g/mol. The van der Waals surface area contributed by atoms with E-state index in [1.54, 1.807) is 0 Å². The molecule has 2 rings (SSSR count). The Bertz CT molecular complexity index is 688. The molecule has 10 atom stereocenters. The third kappa shape index (κ3) is 6.02. The predicted octanol–water partition coefficient (Wildman–Crippen LogP) is -5.43. The van der Waals surface area contributed by atoms with Crippen molar-refractivity contribution in [2.24, 2.45) is 0 Å². The summed E-state index contributed by atoms with van der Waals surface area (Å²) in [7, 11) is -4.94. The molecule has 0 aromatic carbocycles. The fraction of sp³-hybridized carbons (Fsp3) is 0.929. The minimum Gasteiger partial charge on any atom is -0.394 e. The van der Waals surface area contributed by atoms with Gasteiger partial charge < -0.3 is 50.2 Å². The number of amides is 1. The number of rotatable bonds is 7. The van der Waals surface area contributed by atoms with Crippen LogP contribution < -0.4 is 5.32 Å². The number of aliphatic hydroxyl groups excluding tert-OH is 6. The summed E-state index contributed by atoms with van der Waals surface area (Å²) in [5.74, 6) is -0.666. The van der Waals surface area contributed by atoms with E-state index in [9.17, 15) is 43.9 Å². The van der Waals surface area contributed by atoms with Crippen LogP contribution in [0.5, 0.6) is 0 Å². The molecule has 1 amide bonds. The van der Waals surface area contributed by atoms with Crippen LogP contribution in [0.4, 0.5) is 0 Å². The van der Waals surface area contributed by atoms with E-state index in [2.05, 4.69) is 9.50 Å². The van der Waals surface area contributed by atoms with Crippen LogP contribution in [0.15, 0.2) is 0 Å². The third-order valence-electron chi connectivity index (χ3n) is 4.58. The van der Waals surface area contributed by atoms with Crippen molar-refractivity contribution in [1.82, 2.24) is 5.32 Å². The minimum atomic E-state index is -4.94. The maximum Gasteiger partial charge on any atom is 0.397 e. The van der Waals surface area contributed by atoms with E-state index < -0.39 is 90.9 Å². The first-order chi connectivity index (χ1) is 13.9. The second kappa shape index (κ2) is 10.1. The minimum absolute atomic E-state index is 0.666. The molecule has 16 heteroatoms. The maximum absolute atomic E-state index is 11.3. The number of carbonyl (C=O) groups excluding carboxylic acids is 1. The van der Waals surface area contributed by atoms with Crippen molar-refractivity contribution in [3.05, 3.63) is 0 Å². The molecule has 15 nitrogen and oxygen atoms in total. The number of aliphatic hydroxyl groups is 6. The van der Waals surface area contributed by atoms with Crippen molar-refractivity contribution in [3.63, 3.8) is 0 Å². The van der Waals surface area contributed by atoms with Gasteiger partial charge in [0.15, 0.2) is 12.6 Å². The lowest BCUT2D eigenvalue weighted by atomic mass is 9.95. The van der Waals surface area contributed by atoms with E-state index >= 15 is 0 Å². The average molecular weight is 463 g/mol. The molecule has 0 saturated carbocycles. The zero-order valence-electron chi connectivity index (χ0n) is 15.6. The van der Waals surface area contributed by atoms with Gasteiger partial charge in [0.25, 0.3) is 0 Å². The summed E-state index contributed by atoms with van der Waals surface area (Å²) in [5.41, 5.74) is 0. The van der Waals surface area contributed by atoms with Crippen LogP contribution in [0.1, 0.15) is 6.92 Å². The molecule has 2 aliphatic heterocycles. The first-order valence-electron chi connectivity index (χ1n) is 8.72. The number of ether oxygens (including phenoxy) is 3. The van der Waals surface area contributed by atoms with Crippen molar-refractivity contribution >= 4 is 16.3 Å². The Kier molecular flexibility index (Phi) is 8.47. The number of carbonyl (C=O) groups is 1. The molecule has 0 radical (unpaired) electrons. The van der Waals surface area contributed by atoms with Gasteiger partial charge in [0.1, 0.15) is 48.8 Å². The fourth-order valence-corrected chi connectivity index (χ4v) is 3.42. The predicted molar refractivity (Wildman–Crippen MR) is 90.6 cm³/mol. The van der Waals surface area contributed by atoms with Crippen molar-refractivity contribution in [1.29, 1.82) is 0 Å². The van der Waals surface area contributed by atoms with Gasteiger partial charge in [-0.25, -0.2) is 4.18 Å². The van der Waals surface area contributed by atoms with Gasteiger partial charge in [-0.2, -0.15) is 8.42 Å². The molecule has 8 N–H and O–H groups in total. The van der Waals surface area contributed by atoms with Crippen molar-refractivity contribution in [2.45, 2.75) is 68.3 Å². The van der Waals surface area contributed by atoms with E-state index in [1.807, 2.05) is 0 Å². The third-order valence-corrected chi connectivity index (χ3v) is 5.02. The van der Waals surface area contributed by atoms with Crippen LogP contribution in [0.2, 0.25) is 0 Å². The zero-order valence-corrected chi connectivity index (χ0v) is 16.4. The van der Waals surface area contributed by atoms with Crippen LogP contribution in [0, 0.1) is 0 Å². The second-order valence-electron chi connectivity index (χ2n) is 6.79. The van der Waals surface area contributed by atoms with Crippen LogP contribution in [-0.4, -0.2) is 124 Å². The van der Waals surface area contributed by atoms with Crippen molar-refractivity contribution in [2.75, 3.05) is 13.2 Å². The molecule has 2 heterocycles. The van der Waals surface area contributed by atoms with Crippen molar-refractivity contribution in [3.8, 4) is 0 Å². The van der Waals surface area contributed by atoms with Gasteiger partial charge in [-0.3, -0.25) is 9.35 Å². The van der Waals surface area contributed by atoms with Gasteiger partial charge in [0.2, 0.25) is 5.91 Å². The molecule has 2 aliphatic rings. The molecule has 30 heavy (non-hydrogen) atoms. The summed E-state index contributed by atoms with van der Waals surface area (Å²) in [6, 6.07) is -1.46. The molecule has 0 spiro atoms. The topological polar surface area (TPSA) is 242 Å². The Balaban J connectivity index is 2.25. The summed E-state index contributed by atoms with van der Waals surface area (Å²) in [6.45, 7) is -0.640. The SMILES string of the molecule is CC(=O)N[C@H]1[C@@H](O)[C@H](O[C@@H]2OC(CO)[C@H](O)[C@H](O)[C@@H]2O)C(COS(=O)(=O)O)O[C@H]1O. The maximum atomic E-state index is 11.3. The molecular weight excluding hydrogens is 438 g/mol. The number of nitrogens with one attached hydrogen (secondary N) is 1. The summed E-state index contributed by atoms with van der Waals surface area (Å²) in [5, 5.41) is 61.8. The Morgan fingerprint density at radius 2 is 1.63 bits per heavy atom. The van der Waals surface area contributed by atoms with Crippen LogP contribution in [-0.2, 0) is 33.6 Å². The normalized spacial score (nSPS) is 42.7. The standard InChI is InChI=1S/C14H25NO14S/c1-4(17)15-7-9(19)12(6(27-13(7)22)3-26-30(23,24)25)29-14-11(21)10(20)8(18)5(2-16)28-14/h5-14,16,18-22H,2-3H2,1H3,(H,15,17)(H,23,24,25)/t5?,6?,7-,8-,9+,10-,11-,12+,13+,14-/m0/s1. The summed E-state index contributed by atoms with van der Waals surface area (Å²) >= 11 is 0. The number of hydrogen-bond donors (Lipinski definition) is 8. The molecule has 0 aliphatic carbocycles. The van der Waals surface area contributed by atoms with Gasteiger partial charge >= 0.3 is 10.4 Å². The van der Waals surface area contributed by atoms with Crippen LogP contribution in [0.25, 0.3) is 0 Å².